The molecule has 1 aromatic rings. The lowest BCUT2D eigenvalue weighted by atomic mass is 10.0. The average Bonchev–Trinajstić information content (AvgIpc) is 2.14. The monoisotopic (exact) mass is 260 g/mol. The molecule has 0 heterocycles. The topological polar surface area (TPSA) is 40.5 Å². The van der Waals surface area contributed by atoms with Crippen molar-refractivity contribution < 1.29 is 36.6 Å². The number of hydrogen-bond acceptors (Lipinski definition) is 2. The van der Waals surface area contributed by atoms with E-state index in [-0.39, 0.29) is 12.1 Å². The van der Waals surface area contributed by atoms with Crippen molar-refractivity contribution in [2.45, 2.75) is 19.0 Å². The maximum atomic E-state index is 12.3. The number of hydrogen-bond donors (Lipinski definition) is 2. The number of aliphatic hydroxyl groups is 1. The molecule has 0 saturated carbocycles. The van der Waals surface area contributed by atoms with Gasteiger partial charge in [-0.1, -0.05) is 0 Å². The van der Waals surface area contributed by atoms with Gasteiger partial charge < -0.3 is 10.2 Å². The highest BCUT2D eigenvalue weighted by Crippen LogP contribution is 2.41. The molecule has 0 spiro atoms. The van der Waals surface area contributed by atoms with Gasteiger partial charge in [0.2, 0.25) is 0 Å². The molecule has 0 atom stereocenters. The van der Waals surface area contributed by atoms with E-state index in [2.05, 4.69) is 0 Å². The standard InChI is InChI=1S/C9H6F6O2/c10-8(11,12)5-1-4(3-16)7(17)6(2-5)9(13,14)15/h1-2,16-17H,3H2. The van der Waals surface area contributed by atoms with Gasteiger partial charge in [-0.2, -0.15) is 26.3 Å². The van der Waals surface area contributed by atoms with Gasteiger partial charge in [0, 0.05) is 5.56 Å². The number of phenols is 1. The SMILES string of the molecule is OCc1cc(C(F)(F)F)cc(C(F)(F)F)c1O. The van der Waals surface area contributed by atoms with Crippen LogP contribution in [0.2, 0.25) is 0 Å². The Hall–Kier alpha value is -1.44. The summed E-state index contributed by atoms with van der Waals surface area (Å²) in [7, 11) is 0. The van der Waals surface area contributed by atoms with E-state index in [4.69, 9.17) is 10.2 Å². The molecule has 0 aromatic heterocycles. The van der Waals surface area contributed by atoms with Crippen molar-refractivity contribution in [3.8, 4) is 5.75 Å². The number of halogens is 6. The molecule has 0 bridgehead atoms. The Kier molecular flexibility index (Phi) is 3.28. The first kappa shape index (κ1) is 13.6. The molecule has 0 amide bonds. The summed E-state index contributed by atoms with van der Waals surface area (Å²) in [6, 6.07) is 0.0685. The highest BCUT2D eigenvalue weighted by molar-refractivity contribution is 5.45. The van der Waals surface area contributed by atoms with Gasteiger partial charge in [0.25, 0.3) is 0 Å². The van der Waals surface area contributed by atoms with Gasteiger partial charge in [0.05, 0.1) is 17.7 Å². The van der Waals surface area contributed by atoms with Crippen LogP contribution in [-0.2, 0) is 19.0 Å². The zero-order valence-corrected chi connectivity index (χ0v) is 8.02. The van der Waals surface area contributed by atoms with Gasteiger partial charge in [-0.15, -0.1) is 0 Å². The lowest BCUT2D eigenvalue weighted by Crippen LogP contribution is -2.12. The number of benzene rings is 1. The molecule has 8 heteroatoms. The molecular formula is C9H6F6O2. The van der Waals surface area contributed by atoms with Crippen LogP contribution < -0.4 is 0 Å². The number of rotatable bonds is 1. The zero-order chi connectivity index (χ0) is 13.4. The summed E-state index contributed by atoms with van der Waals surface area (Å²) in [5.41, 5.74) is -4.23. The number of aliphatic hydroxyl groups excluding tert-OH is 1. The predicted octanol–water partition coefficient (Wildman–Crippen LogP) is 2.92. The summed E-state index contributed by atoms with van der Waals surface area (Å²) in [4.78, 5) is 0. The molecule has 0 radical (unpaired) electrons. The first-order valence-electron chi connectivity index (χ1n) is 4.18. The van der Waals surface area contributed by atoms with Crippen molar-refractivity contribution in [1.29, 1.82) is 0 Å². The summed E-state index contributed by atoms with van der Waals surface area (Å²) in [6.45, 7) is -1.13. The van der Waals surface area contributed by atoms with Gasteiger partial charge in [-0.3, -0.25) is 0 Å². The molecule has 17 heavy (non-hydrogen) atoms. The van der Waals surface area contributed by atoms with Crippen molar-refractivity contribution in [3.05, 3.63) is 28.8 Å². The van der Waals surface area contributed by atoms with Gasteiger partial charge in [-0.25, -0.2) is 0 Å². The van der Waals surface area contributed by atoms with E-state index in [9.17, 15) is 26.3 Å². The Morgan fingerprint density at radius 2 is 1.47 bits per heavy atom. The summed E-state index contributed by atoms with van der Waals surface area (Å²) < 4.78 is 73.8. The molecule has 96 valence electrons. The Bertz CT molecular complexity index is 421. The van der Waals surface area contributed by atoms with Crippen LogP contribution in [0.3, 0.4) is 0 Å². The third-order valence-electron chi connectivity index (χ3n) is 1.99. The van der Waals surface area contributed by atoms with Gasteiger partial charge in [0.15, 0.2) is 0 Å². The Morgan fingerprint density at radius 3 is 1.82 bits per heavy atom. The molecule has 2 N–H and O–H groups in total. The van der Waals surface area contributed by atoms with Gasteiger partial charge in [0.1, 0.15) is 5.75 Å². The minimum Gasteiger partial charge on any atom is -0.507 e. The Labute approximate surface area is 91.1 Å². The van der Waals surface area contributed by atoms with E-state index in [1.807, 2.05) is 0 Å². The average molecular weight is 260 g/mol. The zero-order valence-electron chi connectivity index (χ0n) is 8.02. The van der Waals surface area contributed by atoms with Crippen molar-refractivity contribution >= 4 is 0 Å². The molecule has 1 aromatic carbocycles. The number of alkyl halides is 6. The van der Waals surface area contributed by atoms with E-state index in [0.29, 0.717) is 0 Å². The first-order valence-corrected chi connectivity index (χ1v) is 4.18. The fourth-order valence-corrected chi connectivity index (χ4v) is 1.19. The van der Waals surface area contributed by atoms with E-state index in [1.54, 1.807) is 0 Å². The van der Waals surface area contributed by atoms with Crippen molar-refractivity contribution in [3.63, 3.8) is 0 Å². The fraction of sp³-hybridized carbons (Fsp3) is 0.333. The third kappa shape index (κ3) is 2.82. The van der Waals surface area contributed by atoms with Crippen LogP contribution in [0.1, 0.15) is 16.7 Å². The quantitative estimate of drug-likeness (QED) is 0.762. The molecular weight excluding hydrogens is 254 g/mol. The van der Waals surface area contributed by atoms with Crippen molar-refractivity contribution in [1.82, 2.24) is 0 Å². The van der Waals surface area contributed by atoms with Crippen LogP contribution in [0, 0.1) is 0 Å². The van der Waals surface area contributed by atoms with E-state index in [0.717, 1.165) is 0 Å². The molecule has 0 aliphatic carbocycles. The fourth-order valence-electron chi connectivity index (χ4n) is 1.19. The Morgan fingerprint density at radius 1 is 0.941 bits per heavy atom. The predicted molar refractivity (Wildman–Crippen MR) is 44.0 cm³/mol. The smallest absolute Gasteiger partial charge is 0.419 e. The third-order valence-corrected chi connectivity index (χ3v) is 1.99. The maximum absolute atomic E-state index is 12.3. The minimum atomic E-state index is -5.13. The molecule has 0 aliphatic rings. The normalized spacial score (nSPS) is 12.9. The molecule has 0 fully saturated rings. The van der Waals surface area contributed by atoms with Crippen molar-refractivity contribution in [2.75, 3.05) is 0 Å². The number of aromatic hydroxyl groups is 1. The van der Waals surface area contributed by atoms with Crippen molar-refractivity contribution in [2.24, 2.45) is 0 Å². The van der Waals surface area contributed by atoms with E-state index in [1.165, 1.54) is 0 Å². The van der Waals surface area contributed by atoms with E-state index >= 15 is 0 Å². The summed E-state index contributed by atoms with van der Waals surface area (Å²) in [5.74, 6) is -1.40. The maximum Gasteiger partial charge on any atom is 0.419 e. The molecule has 1 rings (SSSR count). The van der Waals surface area contributed by atoms with Crippen LogP contribution in [0.5, 0.6) is 5.75 Å². The van der Waals surface area contributed by atoms with Gasteiger partial charge >= 0.3 is 12.4 Å². The van der Waals surface area contributed by atoms with Crippen LogP contribution in [0.25, 0.3) is 0 Å². The first-order chi connectivity index (χ1) is 7.57. The lowest BCUT2D eigenvalue weighted by molar-refractivity contribution is -0.143. The largest absolute Gasteiger partial charge is 0.507 e. The van der Waals surface area contributed by atoms with Crippen LogP contribution in [-0.4, -0.2) is 10.2 Å². The second-order valence-corrected chi connectivity index (χ2v) is 3.19. The summed E-state index contributed by atoms with van der Waals surface area (Å²) in [5, 5.41) is 17.7. The second kappa shape index (κ2) is 4.10. The second-order valence-electron chi connectivity index (χ2n) is 3.19. The van der Waals surface area contributed by atoms with Crippen LogP contribution in [0.15, 0.2) is 12.1 Å². The molecule has 2 nitrogen and oxygen atoms in total. The molecule has 0 saturated heterocycles. The van der Waals surface area contributed by atoms with Crippen LogP contribution in [0.4, 0.5) is 26.3 Å². The minimum absolute atomic E-state index is 0.200. The summed E-state index contributed by atoms with van der Waals surface area (Å²) >= 11 is 0. The molecule has 0 unspecified atom stereocenters. The Balaban J connectivity index is 3.50. The summed E-state index contributed by atoms with van der Waals surface area (Å²) in [6.07, 6.45) is -10.1. The van der Waals surface area contributed by atoms with E-state index < -0.39 is 41.4 Å². The molecule has 0 aliphatic heterocycles. The van der Waals surface area contributed by atoms with Crippen LogP contribution >= 0.6 is 0 Å². The lowest BCUT2D eigenvalue weighted by Gasteiger charge is -2.15. The van der Waals surface area contributed by atoms with Gasteiger partial charge in [-0.05, 0) is 12.1 Å². The highest BCUT2D eigenvalue weighted by Gasteiger charge is 2.39. The highest BCUT2D eigenvalue weighted by atomic mass is 19.4.